The summed E-state index contributed by atoms with van der Waals surface area (Å²) in [6, 6.07) is 3.82. The first-order valence-corrected chi connectivity index (χ1v) is 5.09. The molecule has 3 N–H and O–H groups in total. The van der Waals surface area contributed by atoms with Gasteiger partial charge in [-0.25, -0.2) is 0 Å². The lowest BCUT2D eigenvalue weighted by molar-refractivity contribution is 0.170. The average molecular weight is 214 g/mol. The van der Waals surface area contributed by atoms with Crippen molar-refractivity contribution in [2.45, 2.75) is 26.4 Å². The van der Waals surface area contributed by atoms with Crippen LogP contribution in [0.2, 0.25) is 5.02 Å². The Morgan fingerprint density at radius 2 is 1.86 bits per heavy atom. The molecular formula is C11H16ClNO. The molecule has 1 atom stereocenters. The molecule has 78 valence electrons. The molecule has 0 aliphatic heterocycles. The zero-order valence-electron chi connectivity index (χ0n) is 8.55. The van der Waals surface area contributed by atoms with Crippen LogP contribution in [0, 0.1) is 13.8 Å². The van der Waals surface area contributed by atoms with Crippen molar-refractivity contribution in [2.24, 2.45) is 5.73 Å². The van der Waals surface area contributed by atoms with Gasteiger partial charge in [-0.15, -0.1) is 0 Å². The van der Waals surface area contributed by atoms with Crippen LogP contribution < -0.4 is 5.73 Å². The zero-order valence-corrected chi connectivity index (χ0v) is 9.30. The molecule has 0 spiro atoms. The van der Waals surface area contributed by atoms with Crippen LogP contribution in [0.15, 0.2) is 12.1 Å². The van der Waals surface area contributed by atoms with Gasteiger partial charge < -0.3 is 10.8 Å². The van der Waals surface area contributed by atoms with Gasteiger partial charge in [-0.1, -0.05) is 23.7 Å². The Bertz CT molecular complexity index is 302. The van der Waals surface area contributed by atoms with Gasteiger partial charge in [-0.05, 0) is 43.5 Å². The maximum absolute atomic E-state index is 9.74. The van der Waals surface area contributed by atoms with Crippen molar-refractivity contribution in [1.82, 2.24) is 0 Å². The number of nitrogens with two attached hydrogens (primary N) is 1. The smallest absolute Gasteiger partial charge is 0.0802 e. The molecule has 0 fully saturated rings. The summed E-state index contributed by atoms with van der Waals surface area (Å²) in [5.74, 6) is 0. The Morgan fingerprint density at radius 3 is 2.29 bits per heavy atom. The molecule has 0 saturated heterocycles. The molecule has 3 heteroatoms. The van der Waals surface area contributed by atoms with E-state index in [4.69, 9.17) is 17.3 Å². The van der Waals surface area contributed by atoms with Crippen molar-refractivity contribution in [3.63, 3.8) is 0 Å². The van der Waals surface area contributed by atoms with E-state index in [1.807, 2.05) is 26.0 Å². The normalized spacial score (nSPS) is 12.9. The summed E-state index contributed by atoms with van der Waals surface area (Å²) < 4.78 is 0. The predicted octanol–water partition coefficient (Wildman–Crippen LogP) is 2.34. The van der Waals surface area contributed by atoms with E-state index < -0.39 is 6.10 Å². The predicted molar refractivity (Wildman–Crippen MR) is 59.6 cm³/mol. The summed E-state index contributed by atoms with van der Waals surface area (Å²) in [6.07, 6.45) is 0.107. The van der Waals surface area contributed by atoms with E-state index in [9.17, 15) is 5.11 Å². The molecule has 0 bridgehead atoms. The molecule has 0 aliphatic carbocycles. The summed E-state index contributed by atoms with van der Waals surface area (Å²) in [6.45, 7) is 4.36. The van der Waals surface area contributed by atoms with Crippen molar-refractivity contribution >= 4 is 11.6 Å². The zero-order chi connectivity index (χ0) is 10.7. The molecule has 0 radical (unpaired) electrons. The minimum Gasteiger partial charge on any atom is -0.388 e. The third-order valence-electron chi connectivity index (χ3n) is 2.28. The Morgan fingerprint density at radius 1 is 1.36 bits per heavy atom. The summed E-state index contributed by atoms with van der Waals surface area (Å²) in [4.78, 5) is 0. The topological polar surface area (TPSA) is 46.2 Å². The lowest BCUT2D eigenvalue weighted by atomic mass is 10.0. The quantitative estimate of drug-likeness (QED) is 0.810. The van der Waals surface area contributed by atoms with Crippen LogP contribution in [-0.2, 0) is 0 Å². The van der Waals surface area contributed by atoms with E-state index >= 15 is 0 Å². The largest absolute Gasteiger partial charge is 0.388 e. The van der Waals surface area contributed by atoms with Gasteiger partial charge in [-0.2, -0.15) is 0 Å². The first kappa shape index (κ1) is 11.5. The second-order valence-electron chi connectivity index (χ2n) is 3.56. The van der Waals surface area contributed by atoms with E-state index in [1.54, 1.807) is 0 Å². The number of rotatable bonds is 3. The number of benzene rings is 1. The number of aliphatic hydroxyl groups excluding tert-OH is 1. The fourth-order valence-electron chi connectivity index (χ4n) is 1.50. The van der Waals surface area contributed by atoms with Gasteiger partial charge in [0.2, 0.25) is 0 Å². The van der Waals surface area contributed by atoms with E-state index in [1.165, 1.54) is 0 Å². The van der Waals surface area contributed by atoms with E-state index in [0.29, 0.717) is 13.0 Å². The van der Waals surface area contributed by atoms with Gasteiger partial charge in [0.15, 0.2) is 0 Å². The highest BCUT2D eigenvalue weighted by Gasteiger charge is 2.09. The first-order valence-electron chi connectivity index (χ1n) is 4.71. The average Bonchev–Trinajstić information content (AvgIpc) is 2.13. The summed E-state index contributed by atoms with van der Waals surface area (Å²) in [5, 5.41) is 10.5. The summed E-state index contributed by atoms with van der Waals surface area (Å²) in [7, 11) is 0. The molecule has 1 aromatic rings. The third-order valence-corrected chi connectivity index (χ3v) is 2.88. The molecule has 1 unspecified atom stereocenters. The fraction of sp³-hybridized carbons (Fsp3) is 0.455. The van der Waals surface area contributed by atoms with Crippen LogP contribution in [0.5, 0.6) is 0 Å². The van der Waals surface area contributed by atoms with Crippen molar-refractivity contribution < 1.29 is 5.11 Å². The van der Waals surface area contributed by atoms with Crippen molar-refractivity contribution in [3.8, 4) is 0 Å². The number of aliphatic hydroxyl groups is 1. The fourth-order valence-corrected chi connectivity index (χ4v) is 1.61. The second kappa shape index (κ2) is 4.78. The molecule has 0 aromatic heterocycles. The Hall–Kier alpha value is -0.570. The van der Waals surface area contributed by atoms with Crippen LogP contribution in [0.1, 0.15) is 29.2 Å². The monoisotopic (exact) mass is 213 g/mol. The van der Waals surface area contributed by atoms with Crippen LogP contribution in [0.4, 0.5) is 0 Å². The lowest BCUT2D eigenvalue weighted by Crippen LogP contribution is -2.07. The summed E-state index contributed by atoms with van der Waals surface area (Å²) in [5.41, 5.74) is 8.28. The van der Waals surface area contributed by atoms with Crippen molar-refractivity contribution in [2.75, 3.05) is 6.54 Å². The number of aryl methyl sites for hydroxylation is 2. The second-order valence-corrected chi connectivity index (χ2v) is 3.94. The van der Waals surface area contributed by atoms with Gasteiger partial charge in [-0.3, -0.25) is 0 Å². The SMILES string of the molecule is Cc1cc(C(O)CCN)cc(C)c1Cl. The highest BCUT2D eigenvalue weighted by molar-refractivity contribution is 6.32. The van der Waals surface area contributed by atoms with E-state index in [-0.39, 0.29) is 0 Å². The molecule has 1 rings (SSSR count). The number of hydrogen-bond donors (Lipinski definition) is 2. The molecule has 1 aromatic carbocycles. The standard InChI is InChI=1S/C11H16ClNO/c1-7-5-9(10(14)3-4-13)6-8(2)11(7)12/h5-6,10,14H,3-4,13H2,1-2H3. The maximum Gasteiger partial charge on any atom is 0.0802 e. The Kier molecular flexibility index (Phi) is 3.93. The molecule has 0 amide bonds. The van der Waals surface area contributed by atoms with E-state index in [2.05, 4.69) is 0 Å². The van der Waals surface area contributed by atoms with Crippen molar-refractivity contribution in [3.05, 3.63) is 33.8 Å². The van der Waals surface area contributed by atoms with Gasteiger partial charge in [0, 0.05) is 5.02 Å². The van der Waals surface area contributed by atoms with E-state index in [0.717, 1.165) is 21.7 Å². The van der Waals surface area contributed by atoms with Crippen LogP contribution in [0.25, 0.3) is 0 Å². The highest BCUT2D eigenvalue weighted by atomic mass is 35.5. The van der Waals surface area contributed by atoms with Gasteiger partial charge in [0.05, 0.1) is 6.10 Å². The van der Waals surface area contributed by atoms with Crippen LogP contribution in [0.3, 0.4) is 0 Å². The summed E-state index contributed by atoms with van der Waals surface area (Å²) >= 11 is 6.03. The minimum absolute atomic E-state index is 0.477. The third kappa shape index (κ3) is 2.47. The Balaban J connectivity index is 3.00. The highest BCUT2D eigenvalue weighted by Crippen LogP contribution is 2.26. The van der Waals surface area contributed by atoms with Gasteiger partial charge in [0.1, 0.15) is 0 Å². The minimum atomic E-state index is -0.477. The molecular weight excluding hydrogens is 198 g/mol. The van der Waals surface area contributed by atoms with Gasteiger partial charge >= 0.3 is 0 Å². The number of halogens is 1. The lowest BCUT2D eigenvalue weighted by Gasteiger charge is -2.12. The maximum atomic E-state index is 9.74. The molecule has 0 heterocycles. The van der Waals surface area contributed by atoms with Crippen LogP contribution in [-0.4, -0.2) is 11.7 Å². The molecule has 2 nitrogen and oxygen atoms in total. The molecule has 14 heavy (non-hydrogen) atoms. The Labute approximate surface area is 89.7 Å². The molecule has 0 aliphatic rings. The van der Waals surface area contributed by atoms with Gasteiger partial charge in [0.25, 0.3) is 0 Å². The molecule has 0 saturated carbocycles. The van der Waals surface area contributed by atoms with Crippen LogP contribution >= 0.6 is 11.6 Å². The number of hydrogen-bond acceptors (Lipinski definition) is 2. The van der Waals surface area contributed by atoms with Crippen molar-refractivity contribution in [1.29, 1.82) is 0 Å². The first-order chi connectivity index (χ1) is 6.56.